The van der Waals surface area contributed by atoms with Gasteiger partial charge in [-0.15, -0.1) is 0 Å². The lowest BCUT2D eigenvalue weighted by Gasteiger charge is -2.28. The highest BCUT2D eigenvalue weighted by Gasteiger charge is 2.23. The van der Waals surface area contributed by atoms with Crippen LogP contribution in [0.5, 0.6) is 0 Å². The van der Waals surface area contributed by atoms with Crippen LogP contribution < -0.4 is 5.32 Å². The van der Waals surface area contributed by atoms with Crippen LogP contribution in [0.2, 0.25) is 0 Å². The molecule has 5 nitrogen and oxygen atoms in total. The lowest BCUT2D eigenvalue weighted by molar-refractivity contribution is -0.142. The van der Waals surface area contributed by atoms with Crippen molar-refractivity contribution in [1.29, 1.82) is 0 Å². The normalized spacial score (nSPS) is 26.2. The van der Waals surface area contributed by atoms with E-state index in [2.05, 4.69) is 12.2 Å². The molecule has 17 heavy (non-hydrogen) atoms. The van der Waals surface area contributed by atoms with Crippen molar-refractivity contribution < 1.29 is 19.4 Å². The molecule has 1 aliphatic carbocycles. The molecule has 1 amide bonds. The lowest BCUT2D eigenvalue weighted by Crippen LogP contribution is -2.41. The first kappa shape index (κ1) is 14.0. The number of ether oxygens (including phenoxy) is 1. The predicted octanol–water partition coefficient (Wildman–Crippen LogP) is 1.17. The predicted molar refractivity (Wildman–Crippen MR) is 62.6 cm³/mol. The standard InChI is InChI=1S/C12H21NO4/c1-8-5-3-4-6-10(8)17-7-11(14)13-9(2)12(15)16/h8-10H,3-7H2,1-2H3,(H,13,14)(H,15,16)/t8-,9+,10-/m1/s1. The van der Waals surface area contributed by atoms with E-state index < -0.39 is 12.0 Å². The van der Waals surface area contributed by atoms with E-state index in [1.807, 2.05) is 0 Å². The Kier molecular flexibility index (Phi) is 5.41. The number of carboxylic acids is 1. The first-order valence-electron chi connectivity index (χ1n) is 6.14. The second-order valence-corrected chi connectivity index (χ2v) is 4.74. The molecule has 0 radical (unpaired) electrons. The molecule has 98 valence electrons. The largest absolute Gasteiger partial charge is 0.480 e. The third-order valence-corrected chi connectivity index (χ3v) is 3.21. The molecule has 1 rings (SSSR count). The summed E-state index contributed by atoms with van der Waals surface area (Å²) >= 11 is 0. The topological polar surface area (TPSA) is 75.6 Å². The van der Waals surface area contributed by atoms with E-state index in [0.717, 1.165) is 19.3 Å². The van der Waals surface area contributed by atoms with Gasteiger partial charge in [0.15, 0.2) is 0 Å². The Labute approximate surface area is 102 Å². The van der Waals surface area contributed by atoms with Gasteiger partial charge in [0.2, 0.25) is 5.91 Å². The summed E-state index contributed by atoms with van der Waals surface area (Å²) in [6.45, 7) is 3.51. The van der Waals surface area contributed by atoms with Crippen LogP contribution in [0.25, 0.3) is 0 Å². The molecular weight excluding hydrogens is 222 g/mol. The number of hydrogen-bond acceptors (Lipinski definition) is 3. The van der Waals surface area contributed by atoms with Gasteiger partial charge < -0.3 is 15.2 Å². The fraction of sp³-hybridized carbons (Fsp3) is 0.833. The molecule has 1 fully saturated rings. The van der Waals surface area contributed by atoms with Crippen molar-refractivity contribution >= 4 is 11.9 Å². The van der Waals surface area contributed by atoms with Gasteiger partial charge in [-0.1, -0.05) is 19.8 Å². The monoisotopic (exact) mass is 243 g/mol. The van der Waals surface area contributed by atoms with Gasteiger partial charge in [-0.3, -0.25) is 9.59 Å². The Morgan fingerprint density at radius 2 is 2.06 bits per heavy atom. The van der Waals surface area contributed by atoms with E-state index in [-0.39, 0.29) is 18.6 Å². The SMILES string of the molecule is C[C@H](NC(=O)CO[C@@H]1CCCC[C@H]1C)C(=O)O. The molecule has 0 unspecified atom stereocenters. The van der Waals surface area contributed by atoms with Crippen LogP contribution in [0.1, 0.15) is 39.5 Å². The summed E-state index contributed by atoms with van der Waals surface area (Å²) in [6, 6.07) is -0.866. The molecule has 0 heterocycles. The van der Waals surface area contributed by atoms with Crippen molar-refractivity contribution in [1.82, 2.24) is 5.32 Å². The lowest BCUT2D eigenvalue weighted by atomic mass is 9.88. The summed E-state index contributed by atoms with van der Waals surface area (Å²) < 4.78 is 5.53. The second kappa shape index (κ2) is 6.59. The van der Waals surface area contributed by atoms with Crippen LogP contribution >= 0.6 is 0 Å². The number of carbonyl (C=O) groups excluding carboxylic acids is 1. The molecule has 0 aromatic heterocycles. The summed E-state index contributed by atoms with van der Waals surface area (Å²) in [6.07, 6.45) is 4.63. The van der Waals surface area contributed by atoms with E-state index >= 15 is 0 Å². The van der Waals surface area contributed by atoms with E-state index in [0.29, 0.717) is 5.92 Å². The first-order valence-corrected chi connectivity index (χ1v) is 6.14. The van der Waals surface area contributed by atoms with Crippen LogP contribution in [-0.2, 0) is 14.3 Å². The fourth-order valence-electron chi connectivity index (χ4n) is 2.06. The summed E-state index contributed by atoms with van der Waals surface area (Å²) in [5.41, 5.74) is 0. The molecule has 2 N–H and O–H groups in total. The Balaban J connectivity index is 2.25. The third kappa shape index (κ3) is 4.73. The van der Waals surface area contributed by atoms with E-state index in [4.69, 9.17) is 9.84 Å². The van der Waals surface area contributed by atoms with Gasteiger partial charge in [0.25, 0.3) is 0 Å². The minimum absolute atomic E-state index is 0.0490. The average Bonchev–Trinajstić information content (AvgIpc) is 2.27. The number of amides is 1. The van der Waals surface area contributed by atoms with E-state index in [1.54, 1.807) is 0 Å². The molecule has 5 heteroatoms. The van der Waals surface area contributed by atoms with E-state index in [9.17, 15) is 9.59 Å². The zero-order valence-electron chi connectivity index (χ0n) is 10.4. The van der Waals surface area contributed by atoms with Gasteiger partial charge in [0.05, 0.1) is 6.10 Å². The number of rotatable bonds is 5. The van der Waals surface area contributed by atoms with Crippen molar-refractivity contribution in [3.05, 3.63) is 0 Å². The summed E-state index contributed by atoms with van der Waals surface area (Å²) in [5, 5.41) is 11.0. The molecule has 3 atom stereocenters. The summed E-state index contributed by atoms with van der Waals surface area (Å²) in [7, 11) is 0. The quantitative estimate of drug-likeness (QED) is 0.760. The zero-order valence-corrected chi connectivity index (χ0v) is 10.4. The van der Waals surface area contributed by atoms with Gasteiger partial charge in [-0.05, 0) is 25.7 Å². The molecule has 1 saturated carbocycles. The number of nitrogens with one attached hydrogen (secondary N) is 1. The van der Waals surface area contributed by atoms with Crippen LogP contribution in [-0.4, -0.2) is 35.7 Å². The fourth-order valence-corrected chi connectivity index (χ4v) is 2.06. The Morgan fingerprint density at radius 1 is 1.41 bits per heavy atom. The molecule has 0 saturated heterocycles. The highest BCUT2D eigenvalue weighted by molar-refractivity contribution is 5.83. The van der Waals surface area contributed by atoms with Crippen LogP contribution in [0.4, 0.5) is 0 Å². The molecule has 0 aromatic carbocycles. The summed E-state index contributed by atoms with van der Waals surface area (Å²) in [4.78, 5) is 21.9. The second-order valence-electron chi connectivity index (χ2n) is 4.74. The Hall–Kier alpha value is -1.10. The molecule has 0 aliphatic heterocycles. The van der Waals surface area contributed by atoms with E-state index in [1.165, 1.54) is 13.3 Å². The highest BCUT2D eigenvalue weighted by atomic mass is 16.5. The molecule has 0 aromatic rings. The number of carboxylic acid groups (broad SMARTS) is 1. The number of carbonyl (C=O) groups is 2. The third-order valence-electron chi connectivity index (χ3n) is 3.21. The summed E-state index contributed by atoms with van der Waals surface area (Å²) in [5.74, 6) is -0.921. The number of aliphatic carboxylic acids is 1. The molecule has 1 aliphatic rings. The molecule has 0 spiro atoms. The van der Waals surface area contributed by atoms with Crippen LogP contribution in [0.15, 0.2) is 0 Å². The maximum atomic E-state index is 11.4. The van der Waals surface area contributed by atoms with Gasteiger partial charge >= 0.3 is 5.97 Å². The minimum atomic E-state index is -1.04. The Bertz CT molecular complexity index is 280. The smallest absolute Gasteiger partial charge is 0.325 e. The van der Waals surface area contributed by atoms with Gasteiger partial charge in [0, 0.05) is 0 Å². The maximum Gasteiger partial charge on any atom is 0.325 e. The van der Waals surface area contributed by atoms with Crippen molar-refractivity contribution in [2.24, 2.45) is 5.92 Å². The number of hydrogen-bond donors (Lipinski definition) is 2. The van der Waals surface area contributed by atoms with Gasteiger partial charge in [-0.25, -0.2) is 0 Å². The van der Waals surface area contributed by atoms with Crippen molar-refractivity contribution in [3.8, 4) is 0 Å². The van der Waals surface area contributed by atoms with Crippen molar-refractivity contribution in [3.63, 3.8) is 0 Å². The molecular formula is C12H21NO4. The average molecular weight is 243 g/mol. The van der Waals surface area contributed by atoms with Crippen LogP contribution in [0, 0.1) is 5.92 Å². The Morgan fingerprint density at radius 3 is 2.65 bits per heavy atom. The highest BCUT2D eigenvalue weighted by Crippen LogP contribution is 2.25. The minimum Gasteiger partial charge on any atom is -0.480 e. The van der Waals surface area contributed by atoms with Gasteiger partial charge in [-0.2, -0.15) is 0 Å². The van der Waals surface area contributed by atoms with Crippen molar-refractivity contribution in [2.75, 3.05) is 6.61 Å². The van der Waals surface area contributed by atoms with Crippen LogP contribution in [0.3, 0.4) is 0 Å². The maximum absolute atomic E-state index is 11.4. The first-order chi connectivity index (χ1) is 8.00. The van der Waals surface area contributed by atoms with Gasteiger partial charge in [0.1, 0.15) is 12.6 Å². The van der Waals surface area contributed by atoms with Crippen molar-refractivity contribution in [2.45, 2.75) is 51.7 Å². The molecule has 0 bridgehead atoms. The zero-order chi connectivity index (χ0) is 12.8.